The fourth-order valence-electron chi connectivity index (χ4n) is 1.20. The van der Waals surface area contributed by atoms with Crippen molar-refractivity contribution in [2.75, 3.05) is 12.4 Å². The number of carbonyl (C=O) groups excluding carboxylic acids is 2. The van der Waals surface area contributed by atoms with Crippen LogP contribution >= 0.6 is 0 Å². The summed E-state index contributed by atoms with van der Waals surface area (Å²) >= 11 is 0. The zero-order valence-corrected chi connectivity index (χ0v) is 9.23. The minimum absolute atomic E-state index is 0.00520. The van der Waals surface area contributed by atoms with Gasteiger partial charge in [0.15, 0.2) is 6.10 Å². The molecule has 1 aliphatic rings. The molecular weight excluding hydrogens is 240 g/mol. The van der Waals surface area contributed by atoms with Crippen molar-refractivity contribution in [1.82, 2.24) is 0 Å². The lowest BCUT2D eigenvalue weighted by Gasteiger charge is -2.08. The molecule has 1 heterocycles. The molecule has 1 rings (SSSR count). The predicted octanol–water partition coefficient (Wildman–Crippen LogP) is -0.487. The van der Waals surface area contributed by atoms with E-state index in [4.69, 9.17) is 4.55 Å². The molecule has 0 aromatic rings. The summed E-state index contributed by atoms with van der Waals surface area (Å²) in [5, 5.41) is 0. The molecule has 1 N–H and O–H groups in total. The summed E-state index contributed by atoms with van der Waals surface area (Å²) in [6, 6.07) is 0. The lowest BCUT2D eigenvalue weighted by Crippen LogP contribution is -2.23. The molecule has 0 saturated carbocycles. The van der Waals surface area contributed by atoms with Crippen molar-refractivity contribution in [1.29, 1.82) is 0 Å². The minimum Gasteiger partial charge on any atom is -0.463 e. The van der Waals surface area contributed by atoms with Gasteiger partial charge in [0.05, 0.1) is 12.4 Å². The first kappa shape index (κ1) is 12.9. The van der Waals surface area contributed by atoms with Crippen LogP contribution in [0.25, 0.3) is 0 Å². The van der Waals surface area contributed by atoms with Gasteiger partial charge in [-0.1, -0.05) is 0 Å². The molecule has 1 fully saturated rings. The molecule has 0 aromatic heterocycles. The Morgan fingerprint density at radius 3 is 2.75 bits per heavy atom. The molecule has 92 valence electrons. The van der Waals surface area contributed by atoms with Crippen LogP contribution in [0.3, 0.4) is 0 Å². The Kier molecular flexibility index (Phi) is 4.25. The second kappa shape index (κ2) is 5.26. The van der Waals surface area contributed by atoms with E-state index in [0.717, 1.165) is 0 Å². The number of cyclic esters (lactones) is 1. The summed E-state index contributed by atoms with van der Waals surface area (Å²) in [6.45, 7) is -0.132. The number of hydrogen-bond donors (Lipinski definition) is 1. The molecule has 0 spiro atoms. The van der Waals surface area contributed by atoms with Crippen LogP contribution in [-0.2, 0) is 29.2 Å². The van der Waals surface area contributed by atoms with Gasteiger partial charge in [-0.05, 0) is 6.42 Å². The molecule has 0 radical (unpaired) electrons. The third-order valence-corrected chi connectivity index (χ3v) is 2.74. The highest BCUT2D eigenvalue weighted by molar-refractivity contribution is 7.85. The van der Waals surface area contributed by atoms with E-state index < -0.39 is 33.9 Å². The van der Waals surface area contributed by atoms with Gasteiger partial charge in [-0.25, -0.2) is 4.79 Å². The lowest BCUT2D eigenvalue weighted by molar-refractivity contribution is -0.161. The molecule has 16 heavy (non-hydrogen) atoms. The molecule has 0 amide bonds. The second-order valence-electron chi connectivity index (χ2n) is 3.32. The summed E-state index contributed by atoms with van der Waals surface area (Å²) in [4.78, 5) is 21.9. The van der Waals surface area contributed by atoms with Gasteiger partial charge in [0, 0.05) is 12.8 Å². The Balaban J connectivity index is 2.18. The topological polar surface area (TPSA) is 107 Å². The van der Waals surface area contributed by atoms with Gasteiger partial charge in [0.25, 0.3) is 10.1 Å². The monoisotopic (exact) mass is 252 g/mol. The fraction of sp³-hybridized carbons (Fsp3) is 0.750. The van der Waals surface area contributed by atoms with Crippen LogP contribution in [0.5, 0.6) is 0 Å². The van der Waals surface area contributed by atoms with E-state index >= 15 is 0 Å². The first-order valence-electron chi connectivity index (χ1n) is 4.70. The predicted molar refractivity (Wildman–Crippen MR) is 51.1 cm³/mol. The number of carbonyl (C=O) groups is 2. The average molecular weight is 252 g/mol. The maximum Gasteiger partial charge on any atom is 0.347 e. The number of hydrogen-bond acceptors (Lipinski definition) is 6. The highest BCUT2D eigenvalue weighted by Crippen LogP contribution is 2.14. The Hall–Kier alpha value is -1.15. The Morgan fingerprint density at radius 1 is 1.56 bits per heavy atom. The van der Waals surface area contributed by atoms with Crippen molar-refractivity contribution in [3.63, 3.8) is 0 Å². The van der Waals surface area contributed by atoms with Gasteiger partial charge >= 0.3 is 11.9 Å². The second-order valence-corrected chi connectivity index (χ2v) is 4.90. The molecule has 0 bridgehead atoms. The van der Waals surface area contributed by atoms with Crippen molar-refractivity contribution >= 4 is 22.1 Å². The van der Waals surface area contributed by atoms with Crippen LogP contribution in [0.2, 0.25) is 0 Å². The highest BCUT2D eigenvalue weighted by atomic mass is 32.2. The normalized spacial score (nSPS) is 20.6. The van der Waals surface area contributed by atoms with Crippen molar-refractivity contribution in [3.8, 4) is 0 Å². The Bertz CT molecular complexity index is 372. The van der Waals surface area contributed by atoms with Crippen molar-refractivity contribution < 1.29 is 32.0 Å². The van der Waals surface area contributed by atoms with E-state index in [1.165, 1.54) is 0 Å². The van der Waals surface area contributed by atoms with Crippen LogP contribution in [0.4, 0.5) is 0 Å². The average Bonchev–Trinajstić information content (AvgIpc) is 2.57. The van der Waals surface area contributed by atoms with Gasteiger partial charge in [-0.15, -0.1) is 0 Å². The standard InChI is InChI=1S/C8H12O7S/c9-7-3-2-6(15-7)8(10)14-4-1-5-16(11,12)13/h6H,1-5H2,(H,11,12,13). The van der Waals surface area contributed by atoms with Gasteiger partial charge in [0.1, 0.15) is 0 Å². The summed E-state index contributed by atoms with van der Waals surface area (Å²) in [6.07, 6.45) is -0.398. The van der Waals surface area contributed by atoms with E-state index in [1.807, 2.05) is 0 Å². The summed E-state index contributed by atoms with van der Waals surface area (Å²) in [7, 11) is -4.03. The quantitative estimate of drug-likeness (QED) is 0.399. The molecule has 7 nitrogen and oxygen atoms in total. The van der Waals surface area contributed by atoms with E-state index in [2.05, 4.69) is 9.47 Å². The zero-order chi connectivity index (χ0) is 12.2. The first-order chi connectivity index (χ1) is 7.38. The number of rotatable bonds is 5. The van der Waals surface area contributed by atoms with Gasteiger partial charge in [-0.2, -0.15) is 8.42 Å². The van der Waals surface area contributed by atoms with Crippen LogP contribution in [0.15, 0.2) is 0 Å². The molecule has 1 saturated heterocycles. The fourth-order valence-corrected chi connectivity index (χ4v) is 1.68. The van der Waals surface area contributed by atoms with Crippen LogP contribution in [0.1, 0.15) is 19.3 Å². The molecule has 1 atom stereocenters. The Morgan fingerprint density at radius 2 is 2.25 bits per heavy atom. The van der Waals surface area contributed by atoms with Crippen LogP contribution in [-0.4, -0.2) is 43.4 Å². The summed E-state index contributed by atoms with van der Waals surface area (Å²) < 4.78 is 38.4. The maximum atomic E-state index is 11.2. The molecule has 1 unspecified atom stereocenters. The molecule has 0 aromatic carbocycles. The largest absolute Gasteiger partial charge is 0.463 e. The maximum absolute atomic E-state index is 11.2. The van der Waals surface area contributed by atoms with Gasteiger partial charge in [0.2, 0.25) is 0 Å². The number of esters is 2. The smallest absolute Gasteiger partial charge is 0.347 e. The summed E-state index contributed by atoms with van der Waals surface area (Å²) in [5.41, 5.74) is 0. The van der Waals surface area contributed by atoms with Crippen LogP contribution in [0, 0.1) is 0 Å². The lowest BCUT2D eigenvalue weighted by atomic mass is 10.2. The first-order valence-corrected chi connectivity index (χ1v) is 6.31. The van der Waals surface area contributed by atoms with Crippen molar-refractivity contribution in [2.24, 2.45) is 0 Å². The molecule has 0 aliphatic carbocycles. The molecule has 1 aliphatic heterocycles. The highest BCUT2D eigenvalue weighted by Gasteiger charge is 2.30. The Labute approximate surface area is 92.5 Å². The third-order valence-electron chi connectivity index (χ3n) is 1.94. The molecular formula is C8H12O7S. The zero-order valence-electron chi connectivity index (χ0n) is 8.42. The van der Waals surface area contributed by atoms with E-state index in [9.17, 15) is 18.0 Å². The van der Waals surface area contributed by atoms with E-state index in [1.54, 1.807) is 0 Å². The SMILES string of the molecule is O=C1CCC(C(=O)OCCCS(=O)(=O)O)O1. The van der Waals surface area contributed by atoms with Crippen molar-refractivity contribution in [3.05, 3.63) is 0 Å². The minimum atomic E-state index is -4.03. The number of ether oxygens (including phenoxy) is 2. The van der Waals surface area contributed by atoms with E-state index in [0.29, 0.717) is 0 Å². The van der Waals surface area contributed by atoms with Crippen molar-refractivity contribution in [2.45, 2.75) is 25.4 Å². The van der Waals surface area contributed by atoms with Crippen LogP contribution < -0.4 is 0 Å². The van der Waals surface area contributed by atoms with Gasteiger partial charge in [-0.3, -0.25) is 9.35 Å². The molecule has 8 heteroatoms. The van der Waals surface area contributed by atoms with E-state index in [-0.39, 0.29) is 25.9 Å². The third kappa shape index (κ3) is 4.58. The van der Waals surface area contributed by atoms with Gasteiger partial charge < -0.3 is 9.47 Å². The summed E-state index contributed by atoms with van der Waals surface area (Å²) in [5.74, 6) is -1.59.